The normalized spacial score (nSPS) is 11.8. The standard InChI is InChI=1S/C21H25N3O3S/c1-16-6-5-7-17(12-16)15-24(28(2,26)27)11-10-22-21(25)13-18-14-23-20-9-4-3-8-19(18)20/h3-9,12,14,23H,10-11,13,15H2,1-2H3,(H,22,25). The zero-order chi connectivity index (χ0) is 20.1. The molecular formula is C21H25N3O3S. The molecule has 0 aliphatic carbocycles. The lowest BCUT2D eigenvalue weighted by molar-refractivity contribution is -0.120. The molecule has 0 aliphatic heterocycles. The van der Waals surface area contributed by atoms with Gasteiger partial charge in [-0.25, -0.2) is 8.42 Å². The highest BCUT2D eigenvalue weighted by Crippen LogP contribution is 2.18. The topological polar surface area (TPSA) is 82.3 Å². The van der Waals surface area contributed by atoms with E-state index in [0.29, 0.717) is 6.54 Å². The van der Waals surface area contributed by atoms with Crippen LogP contribution in [-0.4, -0.2) is 43.0 Å². The molecule has 3 rings (SSSR count). The molecule has 0 atom stereocenters. The second-order valence-corrected chi connectivity index (χ2v) is 8.95. The van der Waals surface area contributed by atoms with E-state index in [0.717, 1.165) is 27.6 Å². The molecule has 0 spiro atoms. The summed E-state index contributed by atoms with van der Waals surface area (Å²) in [5, 5.41) is 3.85. The number of amides is 1. The predicted molar refractivity (Wildman–Crippen MR) is 111 cm³/mol. The first kappa shape index (κ1) is 20.1. The number of fused-ring (bicyclic) bond motifs is 1. The van der Waals surface area contributed by atoms with Crippen molar-refractivity contribution in [3.63, 3.8) is 0 Å². The molecule has 1 amide bonds. The average Bonchev–Trinajstić information content (AvgIpc) is 3.03. The fourth-order valence-corrected chi connectivity index (χ4v) is 4.02. The molecule has 1 aromatic heterocycles. The van der Waals surface area contributed by atoms with Crippen molar-refractivity contribution in [3.05, 3.63) is 71.4 Å². The number of H-pyrrole nitrogens is 1. The van der Waals surface area contributed by atoms with E-state index in [2.05, 4.69) is 10.3 Å². The molecule has 6 nitrogen and oxygen atoms in total. The Morgan fingerprint density at radius 2 is 1.93 bits per heavy atom. The first-order valence-corrected chi connectivity index (χ1v) is 11.0. The summed E-state index contributed by atoms with van der Waals surface area (Å²) in [6.45, 7) is 2.75. The summed E-state index contributed by atoms with van der Waals surface area (Å²) in [7, 11) is -3.38. The van der Waals surface area contributed by atoms with E-state index in [9.17, 15) is 13.2 Å². The summed E-state index contributed by atoms with van der Waals surface area (Å²) in [5.41, 5.74) is 3.92. The summed E-state index contributed by atoms with van der Waals surface area (Å²) in [5.74, 6) is -0.131. The number of carbonyl (C=O) groups excluding carboxylic acids is 1. The first-order valence-electron chi connectivity index (χ1n) is 9.15. The molecule has 0 radical (unpaired) electrons. The zero-order valence-electron chi connectivity index (χ0n) is 16.1. The van der Waals surface area contributed by atoms with Crippen molar-refractivity contribution >= 4 is 26.8 Å². The maximum absolute atomic E-state index is 12.3. The van der Waals surface area contributed by atoms with Gasteiger partial charge in [0.15, 0.2) is 0 Å². The molecule has 28 heavy (non-hydrogen) atoms. The number of nitrogens with one attached hydrogen (secondary N) is 2. The lowest BCUT2D eigenvalue weighted by Crippen LogP contribution is -2.38. The highest BCUT2D eigenvalue weighted by Gasteiger charge is 2.17. The quantitative estimate of drug-likeness (QED) is 0.611. The Balaban J connectivity index is 1.57. The number of para-hydroxylation sites is 1. The van der Waals surface area contributed by atoms with Gasteiger partial charge in [0.2, 0.25) is 15.9 Å². The Morgan fingerprint density at radius 3 is 2.68 bits per heavy atom. The molecule has 1 heterocycles. The third-order valence-corrected chi connectivity index (χ3v) is 5.87. The van der Waals surface area contributed by atoms with Crippen LogP contribution in [-0.2, 0) is 27.8 Å². The largest absolute Gasteiger partial charge is 0.361 e. The lowest BCUT2D eigenvalue weighted by atomic mass is 10.1. The van der Waals surface area contributed by atoms with Crippen LogP contribution in [0.2, 0.25) is 0 Å². The molecule has 0 saturated carbocycles. The minimum Gasteiger partial charge on any atom is -0.361 e. The monoisotopic (exact) mass is 399 g/mol. The van der Waals surface area contributed by atoms with Crippen molar-refractivity contribution in [2.75, 3.05) is 19.3 Å². The van der Waals surface area contributed by atoms with E-state index >= 15 is 0 Å². The summed E-state index contributed by atoms with van der Waals surface area (Å²) in [6.07, 6.45) is 3.28. The SMILES string of the molecule is Cc1cccc(CN(CCNC(=O)Cc2c[nH]c3ccccc23)S(C)(=O)=O)c1. The van der Waals surface area contributed by atoms with Gasteiger partial charge in [-0.3, -0.25) is 4.79 Å². The van der Waals surface area contributed by atoms with Crippen molar-refractivity contribution in [1.29, 1.82) is 0 Å². The van der Waals surface area contributed by atoms with Crippen LogP contribution < -0.4 is 5.32 Å². The van der Waals surface area contributed by atoms with E-state index in [4.69, 9.17) is 0 Å². The van der Waals surface area contributed by atoms with Gasteiger partial charge in [-0.15, -0.1) is 0 Å². The second kappa shape index (κ2) is 8.58. The number of aromatic nitrogens is 1. The van der Waals surface area contributed by atoms with Crippen LogP contribution in [0.5, 0.6) is 0 Å². The molecule has 3 aromatic rings. The summed E-state index contributed by atoms with van der Waals surface area (Å²) in [4.78, 5) is 15.4. The fraction of sp³-hybridized carbons (Fsp3) is 0.286. The highest BCUT2D eigenvalue weighted by atomic mass is 32.2. The predicted octanol–water partition coefficient (Wildman–Crippen LogP) is 2.60. The molecule has 0 bridgehead atoms. The molecule has 2 aromatic carbocycles. The Bertz CT molecular complexity index is 1070. The summed E-state index contributed by atoms with van der Waals surface area (Å²) in [6, 6.07) is 15.6. The van der Waals surface area contributed by atoms with Gasteiger partial charge in [0.1, 0.15) is 0 Å². The second-order valence-electron chi connectivity index (χ2n) is 6.97. The zero-order valence-corrected chi connectivity index (χ0v) is 16.9. The van der Waals surface area contributed by atoms with Crippen LogP contribution >= 0.6 is 0 Å². The molecule has 0 aliphatic rings. The average molecular weight is 400 g/mol. The van der Waals surface area contributed by atoms with Gasteiger partial charge in [0.25, 0.3) is 0 Å². The van der Waals surface area contributed by atoms with Crippen molar-refractivity contribution in [1.82, 2.24) is 14.6 Å². The number of aromatic amines is 1. The van der Waals surface area contributed by atoms with E-state index in [1.807, 2.05) is 61.7 Å². The van der Waals surface area contributed by atoms with Crippen LogP contribution in [0.15, 0.2) is 54.7 Å². The molecule has 148 valence electrons. The minimum atomic E-state index is -3.38. The number of aryl methyl sites for hydroxylation is 1. The first-order chi connectivity index (χ1) is 13.3. The van der Waals surface area contributed by atoms with Gasteiger partial charge in [-0.1, -0.05) is 48.0 Å². The van der Waals surface area contributed by atoms with Gasteiger partial charge in [-0.2, -0.15) is 4.31 Å². The molecule has 0 saturated heterocycles. The number of benzene rings is 2. The molecule has 2 N–H and O–H groups in total. The van der Waals surface area contributed by atoms with Crippen LogP contribution in [0.1, 0.15) is 16.7 Å². The van der Waals surface area contributed by atoms with E-state index in [1.165, 1.54) is 10.6 Å². The van der Waals surface area contributed by atoms with Gasteiger partial charge in [0.05, 0.1) is 12.7 Å². The van der Waals surface area contributed by atoms with Crippen LogP contribution in [0.25, 0.3) is 10.9 Å². The molecular weight excluding hydrogens is 374 g/mol. The van der Waals surface area contributed by atoms with E-state index in [-0.39, 0.29) is 25.4 Å². The number of nitrogens with zero attached hydrogens (tertiary/aromatic N) is 1. The van der Waals surface area contributed by atoms with Crippen molar-refractivity contribution in [2.24, 2.45) is 0 Å². The Kier molecular flexibility index (Phi) is 6.16. The lowest BCUT2D eigenvalue weighted by Gasteiger charge is -2.20. The highest BCUT2D eigenvalue weighted by molar-refractivity contribution is 7.88. The number of hydrogen-bond acceptors (Lipinski definition) is 3. The minimum absolute atomic E-state index is 0.131. The van der Waals surface area contributed by atoms with Gasteiger partial charge in [-0.05, 0) is 24.1 Å². The Labute approximate surface area is 165 Å². The molecule has 0 fully saturated rings. The van der Waals surface area contributed by atoms with Crippen molar-refractivity contribution < 1.29 is 13.2 Å². The number of hydrogen-bond donors (Lipinski definition) is 2. The van der Waals surface area contributed by atoms with E-state index in [1.54, 1.807) is 0 Å². The number of carbonyl (C=O) groups is 1. The third kappa shape index (κ3) is 5.21. The number of rotatable bonds is 8. The van der Waals surface area contributed by atoms with Crippen LogP contribution in [0.3, 0.4) is 0 Å². The van der Waals surface area contributed by atoms with Gasteiger partial charge < -0.3 is 10.3 Å². The number of sulfonamides is 1. The van der Waals surface area contributed by atoms with Crippen LogP contribution in [0, 0.1) is 6.92 Å². The van der Waals surface area contributed by atoms with Crippen LogP contribution in [0.4, 0.5) is 0 Å². The van der Waals surface area contributed by atoms with Gasteiger partial charge in [0, 0.05) is 36.7 Å². The van der Waals surface area contributed by atoms with Gasteiger partial charge >= 0.3 is 0 Å². The van der Waals surface area contributed by atoms with E-state index < -0.39 is 10.0 Å². The molecule has 7 heteroatoms. The third-order valence-electron chi connectivity index (χ3n) is 4.62. The smallest absolute Gasteiger partial charge is 0.224 e. The Hall–Kier alpha value is -2.64. The Morgan fingerprint density at radius 1 is 1.14 bits per heavy atom. The van der Waals surface area contributed by atoms with Crippen molar-refractivity contribution in [3.8, 4) is 0 Å². The maximum Gasteiger partial charge on any atom is 0.224 e. The molecule has 0 unspecified atom stereocenters. The fourth-order valence-electron chi connectivity index (χ4n) is 3.21. The van der Waals surface area contributed by atoms with Crippen molar-refractivity contribution in [2.45, 2.75) is 19.9 Å². The maximum atomic E-state index is 12.3. The summed E-state index contributed by atoms with van der Waals surface area (Å²) >= 11 is 0. The summed E-state index contributed by atoms with van der Waals surface area (Å²) < 4.78 is 25.6.